The molecular formula is C24H38O2. The first-order chi connectivity index (χ1) is 12.6. The molecule has 0 saturated heterocycles. The van der Waals surface area contributed by atoms with E-state index in [2.05, 4.69) is 20.8 Å². The quantitative estimate of drug-likeness (QED) is 0.455. The summed E-state index contributed by atoms with van der Waals surface area (Å²) in [4.78, 5) is 13.3. The maximum atomic E-state index is 13.3. The lowest BCUT2D eigenvalue weighted by Gasteiger charge is -2.46. The number of carbonyl (C=O) groups is 1. The summed E-state index contributed by atoms with van der Waals surface area (Å²) in [5, 5.41) is 0. The smallest absolute Gasteiger partial charge is 0.309 e. The maximum absolute atomic E-state index is 13.3. The van der Waals surface area contributed by atoms with E-state index in [1.807, 2.05) is 0 Å². The highest BCUT2D eigenvalue weighted by atomic mass is 16.6. The van der Waals surface area contributed by atoms with Crippen LogP contribution in [-0.4, -0.2) is 11.6 Å². The molecule has 10 unspecified atom stereocenters. The van der Waals surface area contributed by atoms with Gasteiger partial charge in [0.2, 0.25) is 0 Å². The van der Waals surface area contributed by atoms with Crippen molar-refractivity contribution in [2.24, 2.45) is 53.3 Å². The van der Waals surface area contributed by atoms with E-state index in [0.717, 1.165) is 54.8 Å². The van der Waals surface area contributed by atoms with Crippen LogP contribution in [0.15, 0.2) is 0 Å². The summed E-state index contributed by atoms with van der Waals surface area (Å²) in [7, 11) is 0. The van der Waals surface area contributed by atoms with Crippen LogP contribution in [0.5, 0.6) is 0 Å². The first-order valence-electron chi connectivity index (χ1n) is 11.8. The van der Waals surface area contributed by atoms with Gasteiger partial charge in [0.1, 0.15) is 5.60 Å². The monoisotopic (exact) mass is 358 g/mol. The van der Waals surface area contributed by atoms with Crippen molar-refractivity contribution in [3.05, 3.63) is 0 Å². The molecule has 146 valence electrons. The average Bonchev–Trinajstić information content (AvgIpc) is 3.44. The van der Waals surface area contributed by atoms with Gasteiger partial charge in [0.25, 0.3) is 0 Å². The molecule has 5 fully saturated rings. The Morgan fingerprint density at radius 2 is 1.69 bits per heavy atom. The predicted molar refractivity (Wildman–Crippen MR) is 103 cm³/mol. The molecule has 0 aromatic carbocycles. The van der Waals surface area contributed by atoms with Crippen LogP contribution in [0.25, 0.3) is 0 Å². The predicted octanol–water partition coefficient (Wildman–Crippen LogP) is 5.84. The summed E-state index contributed by atoms with van der Waals surface area (Å²) in [6.45, 7) is 6.83. The second kappa shape index (κ2) is 6.24. The zero-order chi connectivity index (χ0) is 18.1. The molecule has 10 atom stereocenters. The number of ether oxygens (including phenoxy) is 1. The minimum absolute atomic E-state index is 0.101. The molecule has 2 nitrogen and oxygen atoms in total. The topological polar surface area (TPSA) is 26.3 Å². The van der Waals surface area contributed by atoms with E-state index in [-0.39, 0.29) is 17.5 Å². The van der Waals surface area contributed by atoms with Gasteiger partial charge in [0, 0.05) is 5.92 Å². The van der Waals surface area contributed by atoms with Crippen molar-refractivity contribution in [3.8, 4) is 0 Å². The van der Waals surface area contributed by atoms with Gasteiger partial charge in [-0.25, -0.2) is 0 Å². The molecule has 0 N–H and O–H groups in total. The molecule has 0 aromatic heterocycles. The summed E-state index contributed by atoms with van der Waals surface area (Å²) >= 11 is 0. The lowest BCUT2D eigenvalue weighted by Crippen LogP contribution is -2.48. The van der Waals surface area contributed by atoms with Crippen LogP contribution < -0.4 is 0 Å². The van der Waals surface area contributed by atoms with Crippen molar-refractivity contribution in [1.29, 1.82) is 0 Å². The molecule has 5 aliphatic carbocycles. The van der Waals surface area contributed by atoms with Gasteiger partial charge < -0.3 is 4.74 Å². The largest absolute Gasteiger partial charge is 0.459 e. The molecule has 4 bridgehead atoms. The molecule has 26 heavy (non-hydrogen) atoms. The van der Waals surface area contributed by atoms with Gasteiger partial charge >= 0.3 is 5.97 Å². The summed E-state index contributed by atoms with van der Waals surface area (Å²) in [6, 6.07) is 0. The molecule has 0 aliphatic heterocycles. The van der Waals surface area contributed by atoms with E-state index in [4.69, 9.17) is 4.74 Å². The van der Waals surface area contributed by atoms with E-state index in [0.29, 0.717) is 11.8 Å². The van der Waals surface area contributed by atoms with Crippen molar-refractivity contribution >= 4 is 5.97 Å². The van der Waals surface area contributed by atoms with Gasteiger partial charge in [0.05, 0.1) is 5.92 Å². The summed E-state index contributed by atoms with van der Waals surface area (Å²) in [5.74, 6) is 7.10. The Morgan fingerprint density at radius 1 is 0.923 bits per heavy atom. The fourth-order valence-electron chi connectivity index (χ4n) is 8.88. The Kier molecular flexibility index (Phi) is 4.22. The van der Waals surface area contributed by atoms with Crippen LogP contribution in [0.4, 0.5) is 0 Å². The highest BCUT2D eigenvalue weighted by Gasteiger charge is 2.67. The standard InChI is InChI=1S/C24H38O2/c1-4-14-9-15(5-2)19(10-14)23(25)26-24(6-3)13-18-12-20(24)22-17-8-7-16(11-17)21(18)22/h14-22H,4-13H2,1-3H3. The first kappa shape index (κ1) is 17.6. The van der Waals surface area contributed by atoms with Crippen LogP contribution >= 0.6 is 0 Å². The fraction of sp³-hybridized carbons (Fsp3) is 0.958. The third-order valence-electron chi connectivity index (χ3n) is 10.00. The molecule has 5 rings (SSSR count). The second-order valence-electron chi connectivity index (χ2n) is 10.7. The Labute approximate surface area is 159 Å². The van der Waals surface area contributed by atoms with Crippen molar-refractivity contribution in [3.63, 3.8) is 0 Å². The molecule has 0 heterocycles. The highest BCUT2D eigenvalue weighted by Crippen LogP contribution is 2.71. The normalized spacial score (nSPS) is 54.0. The molecule has 0 aromatic rings. The maximum Gasteiger partial charge on any atom is 0.309 e. The van der Waals surface area contributed by atoms with E-state index < -0.39 is 0 Å². The lowest BCUT2D eigenvalue weighted by atomic mass is 9.65. The SMILES string of the molecule is CCC1CC(CC)C(C(=O)OC2(CC)CC3CC2C2C4CCC(C4)C32)C1. The van der Waals surface area contributed by atoms with Gasteiger partial charge in [0.15, 0.2) is 0 Å². The Morgan fingerprint density at radius 3 is 2.38 bits per heavy atom. The summed E-state index contributed by atoms with van der Waals surface area (Å²) in [5.41, 5.74) is -0.101. The highest BCUT2D eigenvalue weighted by molar-refractivity contribution is 5.74. The Bertz CT molecular complexity index is 571. The zero-order valence-corrected chi connectivity index (χ0v) is 17.1. The van der Waals surface area contributed by atoms with Gasteiger partial charge in [-0.1, -0.05) is 33.6 Å². The van der Waals surface area contributed by atoms with E-state index in [9.17, 15) is 4.79 Å². The van der Waals surface area contributed by atoms with Crippen LogP contribution in [0.2, 0.25) is 0 Å². The second-order valence-corrected chi connectivity index (χ2v) is 10.7. The van der Waals surface area contributed by atoms with Crippen molar-refractivity contribution in [2.75, 3.05) is 0 Å². The number of rotatable bonds is 5. The summed E-state index contributed by atoms with van der Waals surface area (Å²) in [6.07, 6.45) is 12.7. The molecule has 5 saturated carbocycles. The first-order valence-corrected chi connectivity index (χ1v) is 11.8. The molecular weight excluding hydrogens is 320 g/mol. The molecule has 0 amide bonds. The minimum Gasteiger partial charge on any atom is -0.459 e. The van der Waals surface area contributed by atoms with Gasteiger partial charge in [-0.15, -0.1) is 0 Å². The molecule has 5 aliphatic rings. The van der Waals surface area contributed by atoms with Crippen molar-refractivity contribution < 1.29 is 9.53 Å². The van der Waals surface area contributed by atoms with Gasteiger partial charge in [-0.05, 0) is 92.8 Å². The number of carbonyl (C=O) groups excluding carboxylic acids is 1. The van der Waals surface area contributed by atoms with Gasteiger partial charge in [-0.2, -0.15) is 0 Å². The van der Waals surface area contributed by atoms with E-state index in [1.54, 1.807) is 0 Å². The van der Waals surface area contributed by atoms with E-state index >= 15 is 0 Å². The Balaban J connectivity index is 1.34. The van der Waals surface area contributed by atoms with Crippen LogP contribution in [-0.2, 0) is 9.53 Å². The minimum atomic E-state index is -0.101. The van der Waals surface area contributed by atoms with Gasteiger partial charge in [-0.3, -0.25) is 4.79 Å². The summed E-state index contributed by atoms with van der Waals surface area (Å²) < 4.78 is 6.57. The average molecular weight is 359 g/mol. The Hall–Kier alpha value is -0.530. The zero-order valence-electron chi connectivity index (χ0n) is 17.1. The fourth-order valence-corrected chi connectivity index (χ4v) is 8.88. The lowest BCUT2D eigenvalue weighted by molar-refractivity contribution is -0.179. The number of hydrogen-bond acceptors (Lipinski definition) is 2. The third kappa shape index (κ3) is 2.32. The molecule has 0 radical (unpaired) electrons. The third-order valence-corrected chi connectivity index (χ3v) is 10.00. The number of hydrogen-bond donors (Lipinski definition) is 0. The number of fused-ring (bicyclic) bond motifs is 9. The van der Waals surface area contributed by atoms with Crippen molar-refractivity contribution in [1.82, 2.24) is 0 Å². The molecule has 2 heteroatoms. The van der Waals surface area contributed by atoms with Crippen LogP contribution in [0, 0.1) is 53.3 Å². The van der Waals surface area contributed by atoms with E-state index in [1.165, 1.54) is 44.9 Å². The van der Waals surface area contributed by atoms with Crippen LogP contribution in [0.3, 0.4) is 0 Å². The number of esters is 1. The molecule has 0 spiro atoms. The van der Waals surface area contributed by atoms with Crippen LogP contribution in [0.1, 0.15) is 85.0 Å². The van der Waals surface area contributed by atoms with Crippen molar-refractivity contribution in [2.45, 2.75) is 90.6 Å².